The minimum absolute atomic E-state index is 0.276. The first-order valence-corrected chi connectivity index (χ1v) is 4.55. The fraction of sp³-hybridized carbons (Fsp3) is 0.500. The monoisotopic (exact) mass is 181 g/mol. The first-order valence-electron chi connectivity index (χ1n) is 3.67. The van der Waals surface area contributed by atoms with Crippen LogP contribution in [0.1, 0.15) is 13.8 Å². The van der Waals surface area contributed by atoms with Crippen molar-refractivity contribution in [1.82, 2.24) is 14.8 Å². The highest BCUT2D eigenvalue weighted by atomic mass is 32.2. The van der Waals surface area contributed by atoms with E-state index in [0.717, 1.165) is 5.16 Å². The van der Waals surface area contributed by atoms with Gasteiger partial charge in [0.15, 0.2) is 5.16 Å². The number of hydrogen-bond donors (Lipinski definition) is 0. The number of aromatic nitrogens is 3. The molecule has 0 aliphatic carbocycles. The van der Waals surface area contributed by atoms with Crippen LogP contribution >= 0.6 is 11.8 Å². The van der Waals surface area contributed by atoms with Gasteiger partial charge in [0.2, 0.25) is 0 Å². The molecule has 0 saturated heterocycles. The van der Waals surface area contributed by atoms with E-state index in [9.17, 15) is 0 Å². The van der Waals surface area contributed by atoms with Crippen molar-refractivity contribution in [3.63, 3.8) is 0 Å². The Morgan fingerprint density at radius 1 is 1.67 bits per heavy atom. The Labute approximate surface area is 76.6 Å². The lowest BCUT2D eigenvalue weighted by Gasteiger charge is -2.01. The number of rotatable bonds is 2. The molecular weight excluding hydrogens is 170 g/mol. The van der Waals surface area contributed by atoms with Crippen molar-refractivity contribution in [3.8, 4) is 11.8 Å². The van der Waals surface area contributed by atoms with Gasteiger partial charge in [-0.2, -0.15) is 0 Å². The molecule has 0 saturated carbocycles. The van der Waals surface area contributed by atoms with Gasteiger partial charge in [0, 0.05) is 7.05 Å². The molecule has 0 aromatic carbocycles. The SMILES string of the molecule is CC#CC(C)Sc1nncn1C. The predicted molar refractivity (Wildman–Crippen MR) is 49.8 cm³/mol. The van der Waals surface area contributed by atoms with E-state index in [0.29, 0.717) is 0 Å². The van der Waals surface area contributed by atoms with Crippen LogP contribution in [-0.4, -0.2) is 20.0 Å². The normalized spacial score (nSPS) is 11.9. The molecule has 1 unspecified atom stereocenters. The second-order valence-electron chi connectivity index (χ2n) is 2.38. The van der Waals surface area contributed by atoms with Gasteiger partial charge in [-0.25, -0.2) is 0 Å². The van der Waals surface area contributed by atoms with Gasteiger partial charge < -0.3 is 4.57 Å². The molecule has 0 N–H and O–H groups in total. The first kappa shape index (κ1) is 9.14. The van der Waals surface area contributed by atoms with Gasteiger partial charge in [-0.3, -0.25) is 0 Å². The molecule has 4 heteroatoms. The number of nitrogens with zero attached hydrogens (tertiary/aromatic N) is 3. The maximum atomic E-state index is 3.95. The first-order chi connectivity index (χ1) is 5.74. The summed E-state index contributed by atoms with van der Waals surface area (Å²) >= 11 is 1.62. The number of hydrogen-bond acceptors (Lipinski definition) is 3. The van der Waals surface area contributed by atoms with Gasteiger partial charge in [-0.15, -0.1) is 16.1 Å². The largest absolute Gasteiger partial charge is 0.312 e. The van der Waals surface area contributed by atoms with Crippen LogP contribution in [0.15, 0.2) is 11.5 Å². The Bertz CT molecular complexity index is 308. The van der Waals surface area contributed by atoms with Crippen molar-refractivity contribution in [3.05, 3.63) is 6.33 Å². The third-order valence-corrected chi connectivity index (χ3v) is 2.35. The molecule has 0 bridgehead atoms. The van der Waals surface area contributed by atoms with Gasteiger partial charge >= 0.3 is 0 Å². The molecule has 1 aromatic heterocycles. The second kappa shape index (κ2) is 4.17. The quantitative estimate of drug-likeness (QED) is 0.509. The average Bonchev–Trinajstić information content (AvgIpc) is 2.37. The number of thioether (sulfide) groups is 1. The van der Waals surface area contributed by atoms with E-state index in [1.54, 1.807) is 18.1 Å². The van der Waals surface area contributed by atoms with Crippen molar-refractivity contribution >= 4 is 11.8 Å². The lowest BCUT2D eigenvalue weighted by molar-refractivity contribution is 0.787. The Hall–Kier alpha value is -0.950. The molecule has 1 atom stereocenters. The Kier molecular flexibility index (Phi) is 3.18. The smallest absolute Gasteiger partial charge is 0.191 e. The fourth-order valence-corrected chi connectivity index (χ4v) is 1.57. The molecule has 12 heavy (non-hydrogen) atoms. The standard InChI is InChI=1S/C8H11N3S/c1-4-5-7(2)12-8-10-9-6-11(8)3/h6-7H,1-3H3. The van der Waals surface area contributed by atoms with E-state index < -0.39 is 0 Å². The summed E-state index contributed by atoms with van der Waals surface area (Å²) in [6.07, 6.45) is 1.69. The zero-order valence-electron chi connectivity index (χ0n) is 7.40. The zero-order valence-corrected chi connectivity index (χ0v) is 8.22. The molecular formula is C8H11N3S. The highest BCUT2D eigenvalue weighted by Gasteiger charge is 2.05. The maximum absolute atomic E-state index is 3.95. The summed E-state index contributed by atoms with van der Waals surface area (Å²) in [5.74, 6) is 5.91. The van der Waals surface area contributed by atoms with Crippen molar-refractivity contribution in [1.29, 1.82) is 0 Å². The summed E-state index contributed by atoms with van der Waals surface area (Å²) in [7, 11) is 1.93. The topological polar surface area (TPSA) is 30.7 Å². The van der Waals surface area contributed by atoms with Gasteiger partial charge in [-0.05, 0) is 13.8 Å². The van der Waals surface area contributed by atoms with E-state index >= 15 is 0 Å². The highest BCUT2D eigenvalue weighted by molar-refractivity contribution is 8.00. The van der Waals surface area contributed by atoms with Gasteiger partial charge in [0.05, 0.1) is 5.25 Å². The summed E-state index contributed by atoms with van der Waals surface area (Å²) in [5.41, 5.74) is 0. The lowest BCUT2D eigenvalue weighted by Crippen LogP contribution is -1.95. The summed E-state index contributed by atoms with van der Waals surface area (Å²) in [5, 5.41) is 8.91. The van der Waals surface area contributed by atoms with Crippen molar-refractivity contribution in [2.75, 3.05) is 0 Å². The van der Waals surface area contributed by atoms with Crippen LogP contribution in [0.3, 0.4) is 0 Å². The van der Waals surface area contributed by atoms with E-state index in [-0.39, 0.29) is 5.25 Å². The minimum Gasteiger partial charge on any atom is -0.312 e. The zero-order chi connectivity index (χ0) is 8.97. The van der Waals surface area contributed by atoms with E-state index in [4.69, 9.17) is 0 Å². The molecule has 0 radical (unpaired) electrons. The van der Waals surface area contributed by atoms with Crippen LogP contribution in [0.5, 0.6) is 0 Å². The van der Waals surface area contributed by atoms with E-state index in [2.05, 4.69) is 29.0 Å². The predicted octanol–water partition coefficient (Wildman–Crippen LogP) is 1.32. The molecule has 64 valence electrons. The maximum Gasteiger partial charge on any atom is 0.191 e. The third kappa shape index (κ3) is 2.28. The highest BCUT2D eigenvalue weighted by Crippen LogP contribution is 2.18. The molecule has 0 fully saturated rings. The molecule has 3 nitrogen and oxygen atoms in total. The second-order valence-corrected chi connectivity index (χ2v) is 3.69. The minimum atomic E-state index is 0.276. The molecule has 1 aromatic rings. The Morgan fingerprint density at radius 2 is 2.42 bits per heavy atom. The van der Waals surface area contributed by atoms with Crippen LogP contribution in [0.2, 0.25) is 0 Å². The van der Waals surface area contributed by atoms with Crippen LogP contribution < -0.4 is 0 Å². The van der Waals surface area contributed by atoms with Crippen molar-refractivity contribution in [2.24, 2.45) is 7.05 Å². The molecule has 0 amide bonds. The molecule has 1 rings (SSSR count). The van der Waals surface area contributed by atoms with Crippen LogP contribution in [0, 0.1) is 11.8 Å². The van der Waals surface area contributed by atoms with Crippen molar-refractivity contribution in [2.45, 2.75) is 24.3 Å². The molecule has 0 spiro atoms. The average molecular weight is 181 g/mol. The van der Waals surface area contributed by atoms with Gasteiger partial charge in [-0.1, -0.05) is 17.7 Å². The third-order valence-electron chi connectivity index (χ3n) is 1.30. The van der Waals surface area contributed by atoms with Crippen LogP contribution in [-0.2, 0) is 7.05 Å². The summed E-state index contributed by atoms with van der Waals surface area (Å²) < 4.78 is 1.89. The van der Waals surface area contributed by atoms with Gasteiger partial charge in [0.1, 0.15) is 6.33 Å². The van der Waals surface area contributed by atoms with Gasteiger partial charge in [0.25, 0.3) is 0 Å². The van der Waals surface area contributed by atoms with E-state index in [1.165, 1.54) is 0 Å². The number of aryl methyl sites for hydroxylation is 1. The Morgan fingerprint density at radius 3 is 2.92 bits per heavy atom. The van der Waals surface area contributed by atoms with E-state index in [1.807, 2.05) is 18.5 Å². The summed E-state index contributed by atoms with van der Waals surface area (Å²) in [4.78, 5) is 0. The lowest BCUT2D eigenvalue weighted by atomic mass is 10.5. The molecule has 0 aliphatic heterocycles. The van der Waals surface area contributed by atoms with Crippen LogP contribution in [0.4, 0.5) is 0 Å². The molecule has 1 heterocycles. The Balaban J connectivity index is 2.61. The fourth-order valence-electron chi connectivity index (χ4n) is 0.770. The molecule has 0 aliphatic rings. The van der Waals surface area contributed by atoms with Crippen LogP contribution in [0.25, 0.3) is 0 Å². The summed E-state index contributed by atoms with van der Waals surface area (Å²) in [6.45, 7) is 3.89. The summed E-state index contributed by atoms with van der Waals surface area (Å²) in [6, 6.07) is 0. The van der Waals surface area contributed by atoms with Crippen molar-refractivity contribution < 1.29 is 0 Å².